The van der Waals surface area contributed by atoms with Crippen LogP contribution in [-0.2, 0) is 4.74 Å². The van der Waals surface area contributed by atoms with Crippen LogP contribution >= 0.6 is 11.6 Å². The van der Waals surface area contributed by atoms with Gasteiger partial charge in [0.2, 0.25) is 0 Å². The third kappa shape index (κ3) is 3.69. The van der Waals surface area contributed by atoms with E-state index in [-0.39, 0.29) is 18.1 Å². The van der Waals surface area contributed by atoms with E-state index in [9.17, 15) is 9.90 Å². The second kappa shape index (κ2) is 7.18. The zero-order valence-electron chi connectivity index (χ0n) is 13.1. The summed E-state index contributed by atoms with van der Waals surface area (Å²) in [4.78, 5) is 14.4. The zero-order valence-corrected chi connectivity index (χ0v) is 13.9. The number of rotatable bonds is 4. The molecule has 3 rings (SSSR count). The highest BCUT2D eigenvalue weighted by Crippen LogP contribution is 2.23. The number of piperidine rings is 1. The van der Waals surface area contributed by atoms with Crippen LogP contribution in [0.5, 0.6) is 0 Å². The van der Waals surface area contributed by atoms with Gasteiger partial charge in [0, 0.05) is 25.7 Å². The lowest BCUT2D eigenvalue weighted by Crippen LogP contribution is -2.56. The Hall–Kier alpha value is -1.14. The summed E-state index contributed by atoms with van der Waals surface area (Å²) in [5, 5.41) is 13.7. The number of likely N-dealkylation sites (tertiary alicyclic amines) is 1. The second-order valence-electron chi connectivity index (χ2n) is 6.43. The summed E-state index contributed by atoms with van der Waals surface area (Å²) in [6, 6.07) is 7.48. The number of aliphatic hydroxyl groups excluding tert-OH is 1. The summed E-state index contributed by atoms with van der Waals surface area (Å²) in [7, 11) is 0. The van der Waals surface area contributed by atoms with Crippen molar-refractivity contribution < 1.29 is 14.6 Å². The molecule has 0 saturated carbocycles. The molecule has 23 heavy (non-hydrogen) atoms. The molecule has 0 unspecified atom stereocenters. The van der Waals surface area contributed by atoms with Gasteiger partial charge in [0.05, 0.1) is 29.3 Å². The van der Waals surface area contributed by atoms with Crippen LogP contribution in [0.25, 0.3) is 0 Å². The Morgan fingerprint density at radius 2 is 2.13 bits per heavy atom. The summed E-state index contributed by atoms with van der Waals surface area (Å²) >= 11 is 6.12. The molecule has 0 aliphatic carbocycles. The molecule has 1 aromatic rings. The molecule has 5 nitrogen and oxygen atoms in total. The van der Waals surface area contributed by atoms with Gasteiger partial charge in [0.25, 0.3) is 5.91 Å². The number of nitrogens with one attached hydrogen (secondary N) is 1. The number of benzene rings is 1. The van der Waals surface area contributed by atoms with Crippen molar-refractivity contribution in [1.29, 1.82) is 0 Å². The second-order valence-corrected chi connectivity index (χ2v) is 6.84. The van der Waals surface area contributed by atoms with Crippen LogP contribution in [0.4, 0.5) is 0 Å². The quantitative estimate of drug-likeness (QED) is 0.877. The van der Waals surface area contributed by atoms with Gasteiger partial charge in [-0.15, -0.1) is 0 Å². The molecule has 1 atom stereocenters. The van der Waals surface area contributed by atoms with E-state index in [0.29, 0.717) is 42.9 Å². The van der Waals surface area contributed by atoms with Gasteiger partial charge in [-0.05, 0) is 31.4 Å². The fraction of sp³-hybridized carbons (Fsp3) is 0.588. The van der Waals surface area contributed by atoms with Crippen molar-refractivity contribution in [2.45, 2.75) is 30.8 Å². The molecule has 2 heterocycles. The molecule has 1 amide bonds. The van der Waals surface area contributed by atoms with Crippen LogP contribution in [-0.4, -0.2) is 60.4 Å². The van der Waals surface area contributed by atoms with E-state index in [2.05, 4.69) is 5.32 Å². The van der Waals surface area contributed by atoms with E-state index in [1.807, 2.05) is 17.0 Å². The van der Waals surface area contributed by atoms with Crippen LogP contribution in [0.15, 0.2) is 24.3 Å². The monoisotopic (exact) mass is 338 g/mol. The van der Waals surface area contributed by atoms with Gasteiger partial charge in [-0.2, -0.15) is 0 Å². The average Bonchev–Trinajstić information content (AvgIpc) is 3.04. The number of hydrogen-bond donors (Lipinski definition) is 2. The van der Waals surface area contributed by atoms with Gasteiger partial charge < -0.3 is 20.1 Å². The highest BCUT2D eigenvalue weighted by molar-refractivity contribution is 6.33. The number of carbonyl (C=O) groups is 1. The predicted molar refractivity (Wildman–Crippen MR) is 88.8 cm³/mol. The van der Waals surface area contributed by atoms with Crippen molar-refractivity contribution in [2.24, 2.45) is 0 Å². The fourth-order valence-electron chi connectivity index (χ4n) is 3.36. The number of hydrogen-bond acceptors (Lipinski definition) is 4. The van der Waals surface area contributed by atoms with Gasteiger partial charge in [-0.25, -0.2) is 0 Å². The smallest absolute Gasteiger partial charge is 0.255 e. The maximum absolute atomic E-state index is 12.6. The van der Waals surface area contributed by atoms with Gasteiger partial charge in [0.1, 0.15) is 0 Å². The Morgan fingerprint density at radius 1 is 1.39 bits per heavy atom. The van der Waals surface area contributed by atoms with Gasteiger partial charge >= 0.3 is 0 Å². The summed E-state index contributed by atoms with van der Waals surface area (Å²) in [5.41, 5.74) is 0.260. The fourth-order valence-corrected chi connectivity index (χ4v) is 3.57. The Balaban J connectivity index is 1.56. The van der Waals surface area contributed by atoms with Crippen molar-refractivity contribution >= 4 is 17.5 Å². The van der Waals surface area contributed by atoms with Crippen molar-refractivity contribution in [3.05, 3.63) is 34.9 Å². The molecule has 0 aromatic heterocycles. The number of nitrogens with zero attached hydrogens (tertiary/aromatic N) is 1. The molecule has 0 spiro atoms. The molecule has 0 radical (unpaired) electrons. The van der Waals surface area contributed by atoms with E-state index in [0.717, 1.165) is 19.3 Å². The molecular weight excluding hydrogens is 316 g/mol. The molecule has 2 fully saturated rings. The number of ether oxygens (including phenoxy) is 1. The standard InChI is InChI=1S/C17H23ClN2O3/c18-15-4-2-1-3-14(15)16(22)20-8-5-13(6-9-20)19-17(11-21)7-10-23-12-17/h1-4,13,19,21H,5-12H2/t17-/m0/s1. The number of halogens is 1. The third-order valence-corrected chi connectivity index (χ3v) is 5.13. The van der Waals surface area contributed by atoms with Crippen LogP contribution in [0.3, 0.4) is 0 Å². The molecule has 2 N–H and O–H groups in total. The first-order valence-corrected chi connectivity index (χ1v) is 8.51. The lowest BCUT2D eigenvalue weighted by Gasteiger charge is -2.37. The summed E-state index contributed by atoms with van der Waals surface area (Å²) in [6.07, 6.45) is 2.58. The first kappa shape index (κ1) is 16.7. The Bertz CT molecular complexity index is 553. The molecular formula is C17H23ClN2O3. The lowest BCUT2D eigenvalue weighted by atomic mass is 9.95. The Labute approximate surface area is 141 Å². The molecule has 2 aliphatic heterocycles. The molecule has 2 saturated heterocycles. The topological polar surface area (TPSA) is 61.8 Å². The molecule has 6 heteroatoms. The Morgan fingerprint density at radius 3 is 2.74 bits per heavy atom. The summed E-state index contributed by atoms with van der Waals surface area (Å²) in [6.45, 7) is 2.74. The molecule has 2 aliphatic rings. The maximum Gasteiger partial charge on any atom is 0.255 e. The van der Waals surface area contributed by atoms with Gasteiger partial charge in [-0.3, -0.25) is 4.79 Å². The number of aliphatic hydroxyl groups is 1. The Kier molecular flexibility index (Phi) is 5.21. The van der Waals surface area contributed by atoms with Crippen LogP contribution in [0, 0.1) is 0 Å². The van der Waals surface area contributed by atoms with Crippen molar-refractivity contribution in [3.63, 3.8) is 0 Å². The highest BCUT2D eigenvalue weighted by Gasteiger charge is 2.37. The van der Waals surface area contributed by atoms with Gasteiger partial charge in [-0.1, -0.05) is 23.7 Å². The van der Waals surface area contributed by atoms with E-state index < -0.39 is 0 Å². The van der Waals surface area contributed by atoms with Crippen molar-refractivity contribution in [3.8, 4) is 0 Å². The minimum absolute atomic E-state index is 0.00452. The maximum atomic E-state index is 12.6. The molecule has 0 bridgehead atoms. The largest absolute Gasteiger partial charge is 0.394 e. The predicted octanol–water partition coefficient (Wildman–Crippen LogP) is 1.69. The minimum Gasteiger partial charge on any atom is -0.394 e. The minimum atomic E-state index is -0.306. The van der Waals surface area contributed by atoms with Crippen molar-refractivity contribution in [1.82, 2.24) is 10.2 Å². The summed E-state index contributed by atoms with van der Waals surface area (Å²) < 4.78 is 5.42. The lowest BCUT2D eigenvalue weighted by molar-refractivity contribution is 0.0658. The van der Waals surface area contributed by atoms with Crippen LogP contribution in [0.1, 0.15) is 29.6 Å². The molecule has 1 aromatic carbocycles. The number of carbonyl (C=O) groups excluding carboxylic acids is 1. The molecule has 126 valence electrons. The first-order chi connectivity index (χ1) is 11.1. The number of amides is 1. The SMILES string of the molecule is O=C(c1ccccc1Cl)N1CCC(N[C@]2(CO)CCOC2)CC1. The summed E-state index contributed by atoms with van der Waals surface area (Å²) in [5.74, 6) is -0.00452. The third-order valence-electron chi connectivity index (χ3n) is 4.80. The van der Waals surface area contributed by atoms with Gasteiger partial charge in [0.15, 0.2) is 0 Å². The average molecular weight is 339 g/mol. The first-order valence-electron chi connectivity index (χ1n) is 8.14. The van der Waals surface area contributed by atoms with E-state index in [1.165, 1.54) is 0 Å². The van der Waals surface area contributed by atoms with E-state index in [4.69, 9.17) is 16.3 Å². The normalized spacial score (nSPS) is 25.7. The highest BCUT2D eigenvalue weighted by atomic mass is 35.5. The van der Waals surface area contributed by atoms with E-state index in [1.54, 1.807) is 12.1 Å². The van der Waals surface area contributed by atoms with Crippen LogP contribution in [0.2, 0.25) is 5.02 Å². The zero-order chi connectivity index (χ0) is 16.3. The van der Waals surface area contributed by atoms with E-state index >= 15 is 0 Å². The van der Waals surface area contributed by atoms with Crippen LogP contribution < -0.4 is 5.32 Å². The van der Waals surface area contributed by atoms with Crippen molar-refractivity contribution in [2.75, 3.05) is 32.9 Å².